The van der Waals surface area contributed by atoms with Gasteiger partial charge >= 0.3 is 17.9 Å². The third-order valence-corrected chi connectivity index (χ3v) is 4.11. The lowest BCUT2D eigenvalue weighted by molar-refractivity contribution is -0.159. The molecule has 10 heteroatoms. The van der Waals surface area contributed by atoms with Crippen molar-refractivity contribution in [3.63, 3.8) is 0 Å². The number of halogens is 1. The maximum absolute atomic E-state index is 11.9. The van der Waals surface area contributed by atoms with Crippen molar-refractivity contribution >= 4 is 46.2 Å². The number of furan rings is 1. The second kappa shape index (κ2) is 8.54. The zero-order chi connectivity index (χ0) is 19.3. The SMILES string of the molecule is COC(=O)c1cc(N2CCNCC2)c2occc2c1Cl.O=C(O)C(=O)O. The molecule has 9 nitrogen and oxygen atoms in total. The average Bonchev–Trinajstić information content (AvgIpc) is 3.13. The lowest BCUT2D eigenvalue weighted by atomic mass is 10.1. The van der Waals surface area contributed by atoms with Crippen molar-refractivity contribution in [3.05, 3.63) is 29.0 Å². The molecule has 1 saturated heterocycles. The first kappa shape index (κ1) is 19.5. The third-order valence-electron chi connectivity index (χ3n) is 3.70. The number of aliphatic carboxylic acids is 2. The lowest BCUT2D eigenvalue weighted by Gasteiger charge is -2.29. The quantitative estimate of drug-likeness (QED) is 0.520. The smallest absolute Gasteiger partial charge is 0.414 e. The van der Waals surface area contributed by atoms with E-state index in [0.717, 1.165) is 37.3 Å². The highest BCUT2D eigenvalue weighted by Crippen LogP contribution is 2.36. The molecule has 0 atom stereocenters. The average molecular weight is 385 g/mol. The van der Waals surface area contributed by atoms with Gasteiger partial charge < -0.3 is 29.6 Å². The number of carboxylic acids is 2. The summed E-state index contributed by atoms with van der Waals surface area (Å²) in [7, 11) is 1.35. The Morgan fingerprint density at radius 2 is 1.85 bits per heavy atom. The van der Waals surface area contributed by atoms with Crippen LogP contribution in [0, 0.1) is 0 Å². The van der Waals surface area contributed by atoms with Gasteiger partial charge in [-0.05, 0) is 12.1 Å². The van der Waals surface area contributed by atoms with Gasteiger partial charge in [0.05, 0.1) is 29.6 Å². The van der Waals surface area contributed by atoms with Gasteiger partial charge in [-0.1, -0.05) is 11.6 Å². The summed E-state index contributed by atoms with van der Waals surface area (Å²) >= 11 is 6.28. The van der Waals surface area contributed by atoms with E-state index in [9.17, 15) is 4.79 Å². The molecule has 0 amide bonds. The monoisotopic (exact) mass is 384 g/mol. The molecular formula is C16H17ClN2O7. The zero-order valence-electron chi connectivity index (χ0n) is 13.8. The minimum absolute atomic E-state index is 0.372. The van der Waals surface area contributed by atoms with E-state index in [1.165, 1.54) is 7.11 Å². The normalized spacial score (nSPS) is 13.7. The molecule has 2 aromatic rings. The number of fused-ring (bicyclic) bond motifs is 1. The maximum atomic E-state index is 11.9. The van der Waals surface area contributed by atoms with Crippen molar-refractivity contribution in [2.75, 3.05) is 38.2 Å². The van der Waals surface area contributed by atoms with E-state index in [1.807, 2.05) is 0 Å². The number of rotatable bonds is 2. The molecule has 140 valence electrons. The molecule has 26 heavy (non-hydrogen) atoms. The van der Waals surface area contributed by atoms with Crippen LogP contribution in [0.1, 0.15) is 10.4 Å². The molecule has 0 unspecified atom stereocenters. The number of nitrogens with zero attached hydrogens (tertiary/aromatic N) is 1. The van der Waals surface area contributed by atoms with Gasteiger partial charge in [0.2, 0.25) is 0 Å². The van der Waals surface area contributed by atoms with Gasteiger partial charge in [-0.15, -0.1) is 0 Å². The van der Waals surface area contributed by atoms with E-state index in [1.54, 1.807) is 18.4 Å². The Morgan fingerprint density at radius 1 is 1.23 bits per heavy atom. The number of carbonyl (C=O) groups excluding carboxylic acids is 1. The Hall–Kier alpha value is -2.78. The number of benzene rings is 1. The van der Waals surface area contributed by atoms with Crippen LogP contribution in [0.4, 0.5) is 5.69 Å². The predicted octanol–water partition coefficient (Wildman–Crippen LogP) is 1.44. The summed E-state index contributed by atoms with van der Waals surface area (Å²) < 4.78 is 10.4. The van der Waals surface area contributed by atoms with E-state index in [-0.39, 0.29) is 0 Å². The van der Waals surface area contributed by atoms with E-state index < -0.39 is 17.9 Å². The molecular weight excluding hydrogens is 368 g/mol. The maximum Gasteiger partial charge on any atom is 0.414 e. The number of hydrogen-bond acceptors (Lipinski definition) is 7. The van der Waals surface area contributed by atoms with Gasteiger partial charge in [0, 0.05) is 31.6 Å². The third kappa shape index (κ3) is 4.24. The van der Waals surface area contributed by atoms with Crippen molar-refractivity contribution in [2.45, 2.75) is 0 Å². The van der Waals surface area contributed by atoms with Gasteiger partial charge in [-0.2, -0.15) is 0 Å². The second-order valence-electron chi connectivity index (χ2n) is 5.26. The Balaban J connectivity index is 0.000000352. The molecule has 1 aromatic carbocycles. The van der Waals surface area contributed by atoms with Gasteiger partial charge in [0.1, 0.15) is 0 Å². The van der Waals surface area contributed by atoms with Crippen molar-refractivity contribution in [1.29, 1.82) is 0 Å². The molecule has 1 aliphatic rings. The zero-order valence-corrected chi connectivity index (χ0v) is 14.6. The fraction of sp³-hybridized carbons (Fsp3) is 0.312. The highest BCUT2D eigenvalue weighted by atomic mass is 35.5. The minimum Gasteiger partial charge on any atom is -0.473 e. The standard InChI is InChI=1S/C14H15ClN2O3.C2H2O4/c1-19-14(18)10-8-11(17-5-3-16-4-6-17)13-9(12(10)15)2-7-20-13;3-1(4)2(5)6/h2,7-8,16H,3-6H2,1H3;(H,3,4)(H,5,6). The Kier molecular flexibility index (Phi) is 6.42. The van der Waals surface area contributed by atoms with Crippen LogP contribution in [-0.2, 0) is 14.3 Å². The summed E-state index contributed by atoms with van der Waals surface area (Å²) in [6.45, 7) is 3.52. The molecule has 3 N–H and O–H groups in total. The van der Waals surface area contributed by atoms with Crippen LogP contribution in [0.2, 0.25) is 5.02 Å². The number of anilines is 1. The van der Waals surface area contributed by atoms with Gasteiger partial charge in [0.25, 0.3) is 0 Å². The molecule has 0 radical (unpaired) electrons. The molecule has 1 fully saturated rings. The molecule has 3 rings (SSSR count). The predicted molar refractivity (Wildman–Crippen MR) is 92.9 cm³/mol. The van der Waals surface area contributed by atoms with Crippen molar-refractivity contribution in [1.82, 2.24) is 5.32 Å². The number of carboxylic acid groups (broad SMARTS) is 2. The number of methoxy groups -OCH3 is 1. The van der Waals surface area contributed by atoms with Gasteiger partial charge in [-0.25, -0.2) is 14.4 Å². The number of nitrogens with one attached hydrogen (secondary N) is 1. The summed E-state index contributed by atoms with van der Waals surface area (Å²) in [5, 5.41) is 19.2. The molecule has 0 saturated carbocycles. The van der Waals surface area contributed by atoms with Crippen LogP contribution in [0.3, 0.4) is 0 Å². The van der Waals surface area contributed by atoms with Crippen LogP contribution < -0.4 is 10.2 Å². The van der Waals surface area contributed by atoms with E-state index in [4.69, 9.17) is 40.6 Å². The van der Waals surface area contributed by atoms with Crippen LogP contribution in [0.25, 0.3) is 11.0 Å². The molecule has 1 aliphatic heterocycles. The number of hydrogen-bond donors (Lipinski definition) is 3. The van der Waals surface area contributed by atoms with E-state index in [0.29, 0.717) is 16.2 Å². The first-order valence-corrected chi connectivity index (χ1v) is 7.94. The molecule has 2 heterocycles. The van der Waals surface area contributed by atoms with E-state index in [2.05, 4.69) is 10.2 Å². The number of esters is 1. The lowest BCUT2D eigenvalue weighted by Crippen LogP contribution is -2.43. The fourth-order valence-corrected chi connectivity index (χ4v) is 2.77. The van der Waals surface area contributed by atoms with Crippen LogP contribution >= 0.6 is 11.6 Å². The second-order valence-corrected chi connectivity index (χ2v) is 5.64. The molecule has 0 bridgehead atoms. The highest BCUT2D eigenvalue weighted by molar-refractivity contribution is 6.38. The van der Waals surface area contributed by atoms with E-state index >= 15 is 0 Å². The summed E-state index contributed by atoms with van der Waals surface area (Å²) in [4.78, 5) is 32.3. The summed E-state index contributed by atoms with van der Waals surface area (Å²) in [5.41, 5.74) is 1.97. The topological polar surface area (TPSA) is 129 Å². The highest BCUT2D eigenvalue weighted by Gasteiger charge is 2.22. The first-order chi connectivity index (χ1) is 12.4. The summed E-state index contributed by atoms with van der Waals surface area (Å²) in [5.74, 6) is -4.08. The van der Waals surface area contributed by atoms with Crippen molar-refractivity contribution < 1.29 is 33.8 Å². The summed E-state index contributed by atoms with van der Waals surface area (Å²) in [6.07, 6.45) is 1.59. The Bertz CT molecular complexity index is 815. The van der Waals surface area contributed by atoms with Gasteiger partial charge in [-0.3, -0.25) is 0 Å². The van der Waals surface area contributed by atoms with Gasteiger partial charge in [0.15, 0.2) is 5.58 Å². The molecule has 0 spiro atoms. The fourth-order valence-electron chi connectivity index (χ4n) is 2.49. The largest absolute Gasteiger partial charge is 0.473 e. The number of piperazine rings is 1. The number of carbonyl (C=O) groups is 3. The van der Waals surface area contributed by atoms with Crippen molar-refractivity contribution in [2.24, 2.45) is 0 Å². The minimum atomic E-state index is -1.82. The van der Waals surface area contributed by atoms with Crippen LogP contribution in [0.5, 0.6) is 0 Å². The molecule has 1 aromatic heterocycles. The number of ether oxygens (including phenoxy) is 1. The van der Waals surface area contributed by atoms with Crippen LogP contribution in [-0.4, -0.2) is 61.4 Å². The Morgan fingerprint density at radius 3 is 2.38 bits per heavy atom. The van der Waals surface area contributed by atoms with Crippen molar-refractivity contribution in [3.8, 4) is 0 Å². The summed E-state index contributed by atoms with van der Waals surface area (Å²) in [6, 6.07) is 3.53. The van der Waals surface area contributed by atoms with Crippen LogP contribution in [0.15, 0.2) is 22.8 Å². The molecule has 0 aliphatic carbocycles. The Labute approximate surface area is 153 Å². The first-order valence-electron chi connectivity index (χ1n) is 7.56.